The number of hydrogen-bond donors (Lipinski definition) is 1. The highest BCUT2D eigenvalue weighted by Crippen LogP contribution is 2.34. The minimum absolute atomic E-state index is 0.0775. The summed E-state index contributed by atoms with van der Waals surface area (Å²) in [5, 5.41) is 2.29. The second-order valence-electron chi connectivity index (χ2n) is 5.84. The number of imide groups is 1. The number of anilines is 1. The third-order valence-corrected chi connectivity index (χ3v) is 3.95. The predicted octanol–water partition coefficient (Wildman–Crippen LogP) is 3.35. The fraction of sp³-hybridized carbons (Fsp3) is 0.471. The first-order chi connectivity index (χ1) is 11.8. The van der Waals surface area contributed by atoms with E-state index in [2.05, 4.69) is 5.32 Å². The molecule has 1 N–H and O–H groups in total. The van der Waals surface area contributed by atoms with Crippen LogP contribution in [0, 0.1) is 0 Å². The molecule has 1 saturated heterocycles. The number of unbranched alkanes of at least 4 members (excludes halogenated alkanes) is 2. The summed E-state index contributed by atoms with van der Waals surface area (Å²) in [7, 11) is 0. The lowest BCUT2D eigenvalue weighted by Crippen LogP contribution is -2.29. The van der Waals surface area contributed by atoms with E-state index >= 15 is 0 Å². The average Bonchev–Trinajstić information content (AvgIpc) is 2.85. The molecule has 0 saturated carbocycles. The Hall–Kier alpha value is -2.38. The molecule has 1 heterocycles. The fourth-order valence-corrected chi connectivity index (χ4v) is 2.66. The van der Waals surface area contributed by atoms with Gasteiger partial charge in [0.25, 0.3) is 0 Å². The molecule has 8 heteroatoms. The van der Waals surface area contributed by atoms with Crippen LogP contribution in [0.5, 0.6) is 0 Å². The zero-order chi connectivity index (χ0) is 18.4. The Kier molecular flexibility index (Phi) is 6.17. The van der Waals surface area contributed by atoms with E-state index < -0.39 is 17.6 Å². The van der Waals surface area contributed by atoms with E-state index in [9.17, 15) is 27.6 Å². The monoisotopic (exact) mass is 356 g/mol. The van der Waals surface area contributed by atoms with Gasteiger partial charge in [0.1, 0.15) is 0 Å². The molecular weight excluding hydrogens is 337 g/mol. The summed E-state index contributed by atoms with van der Waals surface area (Å²) < 4.78 is 38.6. The zero-order valence-corrected chi connectivity index (χ0v) is 13.6. The quantitative estimate of drug-likeness (QED) is 0.602. The molecule has 0 atom stereocenters. The number of benzene rings is 1. The number of para-hydroxylation sites is 1. The molecule has 1 aliphatic rings. The number of nitrogens with one attached hydrogen (secondary N) is 1. The van der Waals surface area contributed by atoms with Crippen LogP contribution in [0.4, 0.5) is 18.9 Å². The highest BCUT2D eigenvalue weighted by molar-refractivity contribution is 6.01. The van der Waals surface area contributed by atoms with E-state index in [-0.39, 0.29) is 36.8 Å². The first kappa shape index (κ1) is 19.0. The molecule has 1 aromatic carbocycles. The first-order valence-corrected chi connectivity index (χ1v) is 8.08. The predicted molar refractivity (Wildman–Crippen MR) is 84.5 cm³/mol. The van der Waals surface area contributed by atoms with Crippen molar-refractivity contribution >= 4 is 23.4 Å². The van der Waals surface area contributed by atoms with Crippen LogP contribution < -0.4 is 5.32 Å². The highest BCUT2D eigenvalue weighted by atomic mass is 19.4. The third-order valence-electron chi connectivity index (χ3n) is 3.95. The molecule has 0 aromatic heterocycles. The minimum Gasteiger partial charge on any atom is -0.326 e. The van der Waals surface area contributed by atoms with E-state index in [0.717, 1.165) is 6.07 Å². The minimum atomic E-state index is -4.53. The van der Waals surface area contributed by atoms with Crippen molar-refractivity contribution in [3.8, 4) is 0 Å². The van der Waals surface area contributed by atoms with Crippen LogP contribution in [-0.4, -0.2) is 29.2 Å². The average molecular weight is 356 g/mol. The fourth-order valence-electron chi connectivity index (χ4n) is 2.66. The number of amides is 3. The molecule has 0 aliphatic carbocycles. The summed E-state index contributed by atoms with van der Waals surface area (Å²) >= 11 is 0. The van der Waals surface area contributed by atoms with E-state index in [4.69, 9.17) is 0 Å². The van der Waals surface area contributed by atoms with Gasteiger partial charge in [0, 0.05) is 25.8 Å². The van der Waals surface area contributed by atoms with E-state index in [0.29, 0.717) is 25.8 Å². The van der Waals surface area contributed by atoms with Crippen molar-refractivity contribution in [1.82, 2.24) is 4.90 Å². The summed E-state index contributed by atoms with van der Waals surface area (Å²) in [6.45, 7) is 0.330. The van der Waals surface area contributed by atoms with Gasteiger partial charge in [-0.05, 0) is 25.0 Å². The molecular formula is C17H19F3N2O3. The molecule has 0 radical (unpaired) electrons. The van der Waals surface area contributed by atoms with Crippen molar-refractivity contribution in [1.29, 1.82) is 0 Å². The summed E-state index contributed by atoms with van der Waals surface area (Å²) in [5.74, 6) is -0.844. The third kappa shape index (κ3) is 5.30. The lowest BCUT2D eigenvalue weighted by molar-refractivity contribution is -0.139. The Balaban J connectivity index is 1.73. The van der Waals surface area contributed by atoms with Crippen LogP contribution in [-0.2, 0) is 20.6 Å². The standard InChI is InChI=1S/C17H19F3N2O3/c18-17(19,20)12-6-3-4-7-13(12)21-14(23)8-2-1-5-11-22-15(24)9-10-16(22)25/h3-4,6-7H,1-2,5,8-11H2,(H,21,23). The highest BCUT2D eigenvalue weighted by Gasteiger charge is 2.33. The van der Waals surface area contributed by atoms with Crippen molar-refractivity contribution in [2.75, 3.05) is 11.9 Å². The van der Waals surface area contributed by atoms with Crippen LogP contribution in [0.1, 0.15) is 44.1 Å². The number of carbonyl (C=O) groups is 3. The van der Waals surface area contributed by atoms with Crippen molar-refractivity contribution in [2.45, 2.75) is 44.7 Å². The van der Waals surface area contributed by atoms with Gasteiger partial charge in [-0.1, -0.05) is 18.6 Å². The Morgan fingerprint density at radius 1 is 1.04 bits per heavy atom. The van der Waals surface area contributed by atoms with Gasteiger partial charge in [-0.25, -0.2) is 0 Å². The number of alkyl halides is 3. The van der Waals surface area contributed by atoms with Crippen LogP contribution in [0.15, 0.2) is 24.3 Å². The maximum atomic E-state index is 12.9. The Morgan fingerprint density at radius 2 is 1.68 bits per heavy atom. The van der Waals surface area contributed by atoms with Gasteiger partial charge in [-0.2, -0.15) is 13.2 Å². The lowest BCUT2D eigenvalue weighted by Gasteiger charge is -2.14. The molecule has 136 valence electrons. The molecule has 25 heavy (non-hydrogen) atoms. The Labute approximate surface area is 143 Å². The normalized spacial score (nSPS) is 14.9. The van der Waals surface area contributed by atoms with Crippen molar-refractivity contribution < 1.29 is 27.6 Å². The Morgan fingerprint density at radius 3 is 2.32 bits per heavy atom. The SMILES string of the molecule is O=C(CCCCCN1C(=O)CCC1=O)Nc1ccccc1C(F)(F)F. The van der Waals surface area contributed by atoms with Gasteiger partial charge in [-0.3, -0.25) is 19.3 Å². The molecule has 0 bridgehead atoms. The molecule has 0 unspecified atom stereocenters. The van der Waals surface area contributed by atoms with E-state index in [1.54, 1.807) is 0 Å². The smallest absolute Gasteiger partial charge is 0.326 e. The van der Waals surface area contributed by atoms with Crippen LogP contribution >= 0.6 is 0 Å². The number of halogens is 3. The number of carbonyl (C=O) groups excluding carboxylic acids is 3. The van der Waals surface area contributed by atoms with Crippen molar-refractivity contribution in [3.05, 3.63) is 29.8 Å². The van der Waals surface area contributed by atoms with Crippen LogP contribution in [0.2, 0.25) is 0 Å². The molecule has 0 spiro atoms. The van der Waals surface area contributed by atoms with Crippen LogP contribution in [0.25, 0.3) is 0 Å². The molecule has 2 rings (SSSR count). The Bertz CT molecular complexity index is 643. The number of likely N-dealkylation sites (tertiary alicyclic amines) is 1. The second kappa shape index (κ2) is 8.13. The lowest BCUT2D eigenvalue weighted by atomic mass is 10.1. The largest absolute Gasteiger partial charge is 0.418 e. The molecule has 5 nitrogen and oxygen atoms in total. The molecule has 3 amide bonds. The number of rotatable bonds is 7. The van der Waals surface area contributed by atoms with Gasteiger partial charge in [-0.15, -0.1) is 0 Å². The van der Waals surface area contributed by atoms with E-state index in [1.165, 1.54) is 23.1 Å². The second-order valence-corrected chi connectivity index (χ2v) is 5.84. The summed E-state index contributed by atoms with van der Waals surface area (Å²) in [5.41, 5.74) is -1.14. The van der Waals surface area contributed by atoms with Crippen molar-refractivity contribution in [3.63, 3.8) is 0 Å². The first-order valence-electron chi connectivity index (χ1n) is 8.08. The summed E-state index contributed by atoms with van der Waals surface area (Å²) in [6.07, 6.45) is -2.31. The van der Waals surface area contributed by atoms with Gasteiger partial charge in [0.15, 0.2) is 0 Å². The molecule has 1 fully saturated rings. The molecule has 1 aromatic rings. The van der Waals surface area contributed by atoms with Crippen molar-refractivity contribution in [2.24, 2.45) is 0 Å². The van der Waals surface area contributed by atoms with Gasteiger partial charge in [0.2, 0.25) is 17.7 Å². The molecule has 1 aliphatic heterocycles. The van der Waals surface area contributed by atoms with Gasteiger partial charge < -0.3 is 5.32 Å². The van der Waals surface area contributed by atoms with E-state index in [1.807, 2.05) is 0 Å². The zero-order valence-electron chi connectivity index (χ0n) is 13.6. The number of nitrogens with zero attached hydrogens (tertiary/aromatic N) is 1. The van der Waals surface area contributed by atoms with Crippen LogP contribution in [0.3, 0.4) is 0 Å². The van der Waals surface area contributed by atoms with Gasteiger partial charge >= 0.3 is 6.18 Å². The topological polar surface area (TPSA) is 66.5 Å². The number of hydrogen-bond acceptors (Lipinski definition) is 3. The summed E-state index contributed by atoms with van der Waals surface area (Å²) in [6, 6.07) is 4.82. The van der Waals surface area contributed by atoms with Gasteiger partial charge in [0.05, 0.1) is 11.3 Å². The maximum Gasteiger partial charge on any atom is 0.418 e. The maximum absolute atomic E-state index is 12.9. The summed E-state index contributed by atoms with van der Waals surface area (Å²) in [4.78, 5) is 35.9.